The Bertz CT molecular complexity index is 303. The number of hydrogen-bond donors (Lipinski definition) is 0. The normalized spacial score (nSPS) is 10.3. The molecule has 0 aliphatic heterocycles. The summed E-state index contributed by atoms with van der Waals surface area (Å²) in [5.41, 5.74) is 0.00140. The number of hydrogen-bond acceptors (Lipinski definition) is 3. The summed E-state index contributed by atoms with van der Waals surface area (Å²) in [5, 5.41) is 0. The smallest absolute Gasteiger partial charge is 0.292 e. The zero-order valence-corrected chi connectivity index (χ0v) is 11.0. The van der Waals surface area contributed by atoms with Gasteiger partial charge < -0.3 is 0 Å². The standard InChI is InChI=1S/C11H14O3.Mo/c1-11(2,3)14-13-10(12)9-7-5-4-6-8-9;/h4-8H,1-3H3;. The number of carbonyl (C=O) groups is 1. The summed E-state index contributed by atoms with van der Waals surface area (Å²) in [6.07, 6.45) is 0. The average Bonchev–Trinajstić information content (AvgIpc) is 2.14. The van der Waals surface area contributed by atoms with Crippen LogP contribution in [0.5, 0.6) is 0 Å². The van der Waals surface area contributed by atoms with Gasteiger partial charge in [-0.1, -0.05) is 18.2 Å². The maximum Gasteiger partial charge on any atom is 0.373 e. The van der Waals surface area contributed by atoms with Gasteiger partial charge in [0, 0.05) is 21.1 Å². The van der Waals surface area contributed by atoms with Crippen LogP contribution in [0.2, 0.25) is 0 Å². The molecule has 0 heterocycles. The van der Waals surface area contributed by atoms with Gasteiger partial charge in [-0.05, 0) is 32.9 Å². The molecule has 4 heteroatoms. The van der Waals surface area contributed by atoms with Gasteiger partial charge in [-0.15, -0.1) is 0 Å². The fourth-order valence-corrected chi connectivity index (χ4v) is 0.785. The van der Waals surface area contributed by atoms with Crippen molar-refractivity contribution in [3.05, 3.63) is 35.9 Å². The van der Waals surface area contributed by atoms with Crippen LogP contribution in [-0.4, -0.2) is 11.6 Å². The Labute approximate surface area is 104 Å². The fourth-order valence-electron chi connectivity index (χ4n) is 0.785. The minimum Gasteiger partial charge on any atom is -0.292 e. The molecule has 1 rings (SSSR count). The second-order valence-electron chi connectivity index (χ2n) is 3.93. The molecule has 82 valence electrons. The van der Waals surface area contributed by atoms with Crippen molar-refractivity contribution < 1.29 is 35.6 Å². The molecule has 0 bridgehead atoms. The Kier molecular flexibility index (Phi) is 5.77. The molecule has 15 heavy (non-hydrogen) atoms. The van der Waals surface area contributed by atoms with E-state index in [1.54, 1.807) is 24.3 Å². The van der Waals surface area contributed by atoms with Crippen molar-refractivity contribution in [1.82, 2.24) is 0 Å². The molecule has 0 aliphatic carbocycles. The first-order valence-electron chi connectivity index (χ1n) is 4.44. The summed E-state index contributed by atoms with van der Waals surface area (Å²) < 4.78 is 0. The Morgan fingerprint density at radius 2 is 1.67 bits per heavy atom. The van der Waals surface area contributed by atoms with Crippen LogP contribution in [0.3, 0.4) is 0 Å². The second kappa shape index (κ2) is 6.04. The van der Waals surface area contributed by atoms with Crippen LogP contribution in [0.25, 0.3) is 0 Å². The molecule has 1 aromatic rings. The van der Waals surface area contributed by atoms with Gasteiger partial charge >= 0.3 is 5.97 Å². The molecule has 3 nitrogen and oxygen atoms in total. The number of carbonyl (C=O) groups excluding carboxylic acids is 1. The third-order valence-corrected chi connectivity index (χ3v) is 1.38. The first-order valence-corrected chi connectivity index (χ1v) is 4.44. The van der Waals surface area contributed by atoms with Gasteiger partial charge in [-0.2, -0.15) is 4.89 Å². The number of benzene rings is 1. The van der Waals surface area contributed by atoms with Crippen LogP contribution in [0.15, 0.2) is 30.3 Å². The molecule has 0 atom stereocenters. The molecule has 1 aromatic carbocycles. The van der Waals surface area contributed by atoms with Crippen LogP contribution in [0.1, 0.15) is 31.1 Å². The van der Waals surface area contributed by atoms with E-state index < -0.39 is 11.6 Å². The topological polar surface area (TPSA) is 35.5 Å². The van der Waals surface area contributed by atoms with Crippen molar-refractivity contribution in [3.8, 4) is 0 Å². The largest absolute Gasteiger partial charge is 0.373 e. The van der Waals surface area contributed by atoms with Gasteiger partial charge in [-0.3, -0.25) is 4.89 Å². The van der Waals surface area contributed by atoms with Crippen LogP contribution < -0.4 is 0 Å². The van der Waals surface area contributed by atoms with Gasteiger partial charge in [0.2, 0.25) is 0 Å². The molecule has 0 fully saturated rings. The first kappa shape index (κ1) is 14.3. The second-order valence-corrected chi connectivity index (χ2v) is 3.93. The van der Waals surface area contributed by atoms with Crippen molar-refractivity contribution in [2.75, 3.05) is 0 Å². The Balaban J connectivity index is 0.00000196. The van der Waals surface area contributed by atoms with Gasteiger partial charge in [0.05, 0.1) is 5.56 Å². The maximum atomic E-state index is 11.3. The van der Waals surface area contributed by atoms with E-state index in [-0.39, 0.29) is 21.1 Å². The Hall–Kier alpha value is -0.662. The van der Waals surface area contributed by atoms with Crippen molar-refractivity contribution in [2.45, 2.75) is 26.4 Å². The van der Waals surface area contributed by atoms with Crippen molar-refractivity contribution >= 4 is 5.97 Å². The van der Waals surface area contributed by atoms with E-state index in [0.29, 0.717) is 5.56 Å². The van der Waals surface area contributed by atoms with E-state index in [0.717, 1.165) is 0 Å². The monoisotopic (exact) mass is 292 g/mol. The van der Waals surface area contributed by atoms with Crippen molar-refractivity contribution in [2.24, 2.45) is 0 Å². The molecule has 0 unspecified atom stereocenters. The number of rotatable bonds is 2. The summed E-state index contributed by atoms with van der Waals surface area (Å²) in [7, 11) is 0. The van der Waals surface area contributed by atoms with E-state index in [4.69, 9.17) is 4.89 Å². The van der Waals surface area contributed by atoms with E-state index in [1.165, 1.54) is 0 Å². The predicted molar refractivity (Wildman–Crippen MR) is 52.7 cm³/mol. The van der Waals surface area contributed by atoms with Crippen LogP contribution >= 0.6 is 0 Å². The molecule has 0 saturated carbocycles. The zero-order chi connectivity index (χ0) is 10.6. The molecule has 0 spiro atoms. The van der Waals surface area contributed by atoms with Crippen LogP contribution in [-0.2, 0) is 30.8 Å². The van der Waals surface area contributed by atoms with E-state index in [9.17, 15) is 4.79 Å². The van der Waals surface area contributed by atoms with Gasteiger partial charge in [0.1, 0.15) is 5.60 Å². The van der Waals surface area contributed by atoms with Crippen molar-refractivity contribution in [1.29, 1.82) is 0 Å². The summed E-state index contributed by atoms with van der Waals surface area (Å²) >= 11 is 0. The van der Waals surface area contributed by atoms with Crippen LogP contribution in [0, 0.1) is 0 Å². The first-order chi connectivity index (χ1) is 6.49. The summed E-state index contributed by atoms with van der Waals surface area (Å²) in [6, 6.07) is 8.73. The molecular formula is C11H14MoO3. The minimum atomic E-state index is -0.482. The summed E-state index contributed by atoms with van der Waals surface area (Å²) in [5.74, 6) is -0.472. The van der Waals surface area contributed by atoms with Crippen LogP contribution in [0.4, 0.5) is 0 Å². The average molecular weight is 290 g/mol. The minimum absolute atomic E-state index is 0. The molecule has 0 amide bonds. The molecule has 0 saturated heterocycles. The third-order valence-electron chi connectivity index (χ3n) is 1.38. The predicted octanol–water partition coefficient (Wildman–Crippen LogP) is 2.57. The Morgan fingerprint density at radius 1 is 1.13 bits per heavy atom. The Morgan fingerprint density at radius 3 is 2.13 bits per heavy atom. The SMILES string of the molecule is CC(C)(C)OOC(=O)c1ccccc1.[Mo]. The fraction of sp³-hybridized carbons (Fsp3) is 0.364. The summed E-state index contributed by atoms with van der Waals surface area (Å²) in [6.45, 7) is 5.43. The zero-order valence-electron chi connectivity index (χ0n) is 9.02. The van der Waals surface area contributed by atoms with E-state index in [1.807, 2.05) is 26.8 Å². The maximum absolute atomic E-state index is 11.3. The van der Waals surface area contributed by atoms with Crippen molar-refractivity contribution in [3.63, 3.8) is 0 Å². The van der Waals surface area contributed by atoms with Gasteiger partial charge in [0.15, 0.2) is 0 Å². The summed E-state index contributed by atoms with van der Waals surface area (Å²) in [4.78, 5) is 20.9. The molecule has 0 aliphatic rings. The van der Waals surface area contributed by atoms with Gasteiger partial charge in [-0.25, -0.2) is 4.79 Å². The molecule has 0 radical (unpaired) electrons. The molecule has 0 aromatic heterocycles. The molecule has 0 N–H and O–H groups in total. The third kappa shape index (κ3) is 5.70. The van der Waals surface area contributed by atoms with E-state index >= 15 is 0 Å². The quantitative estimate of drug-likeness (QED) is 0.477. The van der Waals surface area contributed by atoms with E-state index in [2.05, 4.69) is 4.89 Å². The van der Waals surface area contributed by atoms with Gasteiger partial charge in [0.25, 0.3) is 0 Å². The molecular weight excluding hydrogens is 276 g/mol.